The third kappa shape index (κ3) is 2.65. The Morgan fingerprint density at radius 3 is 2.91 bits per heavy atom. The van der Waals surface area contributed by atoms with Gasteiger partial charge in [-0.1, -0.05) is 6.07 Å². The normalized spacial score (nSPS) is 34.5. The van der Waals surface area contributed by atoms with Crippen molar-refractivity contribution in [3.8, 4) is 11.5 Å². The number of phenols is 1. The van der Waals surface area contributed by atoms with Crippen molar-refractivity contribution >= 4 is 5.91 Å². The molecule has 7 rings (SSSR count). The molecule has 1 spiro atoms. The van der Waals surface area contributed by atoms with E-state index < -0.39 is 11.0 Å². The second-order valence-electron chi connectivity index (χ2n) is 10.6. The van der Waals surface area contributed by atoms with E-state index in [4.69, 9.17) is 9.15 Å². The summed E-state index contributed by atoms with van der Waals surface area (Å²) in [5.74, 6) is 1.32. The van der Waals surface area contributed by atoms with Crippen LogP contribution < -0.4 is 4.74 Å². The zero-order valence-electron chi connectivity index (χ0n) is 18.6. The highest BCUT2D eigenvalue weighted by Crippen LogP contribution is 2.63. The standard InChI is InChI=1S/C25H29N3O5/c29-18-4-3-16-9-19-25(31)6-8-28(21(30)10-17-13-32-14-26-17)12-20-24(25,22(16)23(18)33-20)5-7-27(19)11-15-1-2-15/h3-4,13-15,19-20,29,31H,1-2,5-12H2/t19-,20+,24-,25-/m1/s1. The highest BCUT2D eigenvalue weighted by atomic mass is 16.5. The van der Waals surface area contributed by atoms with Crippen LogP contribution in [-0.4, -0.2) is 74.8 Å². The second-order valence-corrected chi connectivity index (χ2v) is 10.6. The van der Waals surface area contributed by atoms with Crippen molar-refractivity contribution in [2.75, 3.05) is 26.2 Å². The molecule has 2 N–H and O–H groups in total. The van der Waals surface area contributed by atoms with Crippen LogP contribution >= 0.6 is 0 Å². The quantitative estimate of drug-likeness (QED) is 0.729. The predicted molar refractivity (Wildman–Crippen MR) is 117 cm³/mol. The first kappa shape index (κ1) is 19.9. The number of carbonyl (C=O) groups is 1. The number of benzene rings is 1. The number of aromatic hydroxyl groups is 1. The van der Waals surface area contributed by atoms with Crippen LogP contribution in [0, 0.1) is 5.92 Å². The first-order valence-electron chi connectivity index (χ1n) is 12.1. The van der Waals surface area contributed by atoms with Gasteiger partial charge in [-0.25, -0.2) is 4.98 Å². The monoisotopic (exact) mass is 451 g/mol. The third-order valence-electron chi connectivity index (χ3n) is 8.96. The first-order valence-corrected chi connectivity index (χ1v) is 12.1. The molecule has 0 radical (unpaired) electrons. The number of oxazole rings is 1. The van der Waals surface area contributed by atoms with Gasteiger partial charge in [0.15, 0.2) is 17.9 Å². The van der Waals surface area contributed by atoms with Gasteiger partial charge in [0.2, 0.25) is 5.91 Å². The Morgan fingerprint density at radius 2 is 2.12 bits per heavy atom. The predicted octanol–water partition coefficient (Wildman–Crippen LogP) is 1.63. The minimum Gasteiger partial charge on any atom is -0.504 e. The second kappa shape index (κ2) is 6.73. The number of phenolic OH excluding ortho intramolecular Hbond substituents is 1. The Labute approximate surface area is 192 Å². The molecule has 0 unspecified atom stereocenters. The van der Waals surface area contributed by atoms with Crippen LogP contribution in [0.15, 0.2) is 29.2 Å². The molecule has 1 saturated carbocycles. The molecule has 5 aliphatic rings. The van der Waals surface area contributed by atoms with Gasteiger partial charge in [0, 0.05) is 24.7 Å². The van der Waals surface area contributed by atoms with E-state index in [-0.39, 0.29) is 30.2 Å². The van der Waals surface area contributed by atoms with E-state index in [2.05, 4.69) is 9.88 Å². The lowest BCUT2D eigenvalue weighted by atomic mass is 9.52. The van der Waals surface area contributed by atoms with Crippen LogP contribution in [0.4, 0.5) is 0 Å². The summed E-state index contributed by atoms with van der Waals surface area (Å²) in [4.78, 5) is 21.6. The number of aliphatic hydroxyl groups is 1. The zero-order chi connectivity index (χ0) is 22.4. The molecule has 8 heteroatoms. The van der Waals surface area contributed by atoms with Crippen LogP contribution in [0.2, 0.25) is 0 Å². The van der Waals surface area contributed by atoms with E-state index in [0.717, 1.165) is 37.4 Å². The maximum Gasteiger partial charge on any atom is 0.228 e. The number of amides is 1. The fourth-order valence-corrected chi connectivity index (χ4v) is 7.22. The molecular weight excluding hydrogens is 422 g/mol. The molecule has 2 aliphatic carbocycles. The molecule has 2 aromatic rings. The fraction of sp³-hybridized carbons (Fsp3) is 0.600. The van der Waals surface area contributed by atoms with Gasteiger partial charge in [0.05, 0.1) is 29.7 Å². The molecule has 2 bridgehead atoms. The molecule has 2 saturated heterocycles. The van der Waals surface area contributed by atoms with Crippen LogP contribution in [0.3, 0.4) is 0 Å². The molecule has 1 aromatic heterocycles. The number of carbonyl (C=O) groups excluding carboxylic acids is 1. The number of aromatic nitrogens is 1. The Balaban J connectivity index is 1.31. The lowest BCUT2D eigenvalue weighted by molar-refractivity contribution is -0.162. The summed E-state index contributed by atoms with van der Waals surface area (Å²) in [6.07, 6.45) is 7.17. The van der Waals surface area contributed by atoms with Gasteiger partial charge in [0.25, 0.3) is 0 Å². The maximum absolute atomic E-state index is 13.2. The molecule has 1 amide bonds. The first-order chi connectivity index (χ1) is 16.0. The molecule has 4 atom stereocenters. The van der Waals surface area contributed by atoms with E-state index in [1.54, 1.807) is 6.07 Å². The molecule has 4 heterocycles. The molecule has 3 fully saturated rings. The fourth-order valence-electron chi connectivity index (χ4n) is 7.22. The van der Waals surface area contributed by atoms with Crippen molar-refractivity contribution in [2.45, 2.75) is 61.7 Å². The highest BCUT2D eigenvalue weighted by molar-refractivity contribution is 5.78. The SMILES string of the molecule is O=C(Cc1cocn1)N1CC[C@@]2(O)[C@H]3Cc4ccc(O)c5c4[C@@]2(CCN3CC2CC2)[C@H](C1)O5. The summed E-state index contributed by atoms with van der Waals surface area (Å²) >= 11 is 0. The van der Waals surface area contributed by atoms with Crippen molar-refractivity contribution < 1.29 is 24.2 Å². The summed E-state index contributed by atoms with van der Waals surface area (Å²) < 4.78 is 11.5. The molecule has 8 nitrogen and oxygen atoms in total. The van der Waals surface area contributed by atoms with Crippen LogP contribution in [0.25, 0.3) is 0 Å². The Hall–Kier alpha value is -2.58. The van der Waals surface area contributed by atoms with E-state index in [1.165, 1.54) is 31.1 Å². The van der Waals surface area contributed by atoms with Crippen molar-refractivity contribution in [3.05, 3.63) is 41.6 Å². The Morgan fingerprint density at radius 1 is 1.24 bits per heavy atom. The lowest BCUT2D eigenvalue weighted by Crippen LogP contribution is -2.74. The minimum atomic E-state index is -1.01. The molecule has 1 aromatic carbocycles. The van der Waals surface area contributed by atoms with E-state index in [9.17, 15) is 15.0 Å². The number of piperidine rings is 1. The molecule has 33 heavy (non-hydrogen) atoms. The summed E-state index contributed by atoms with van der Waals surface area (Å²) in [7, 11) is 0. The largest absolute Gasteiger partial charge is 0.504 e. The van der Waals surface area contributed by atoms with Crippen LogP contribution in [0.1, 0.15) is 42.5 Å². The van der Waals surface area contributed by atoms with Gasteiger partial charge in [-0.3, -0.25) is 9.69 Å². The average Bonchev–Trinajstić information content (AvgIpc) is 3.38. The Kier molecular flexibility index (Phi) is 4.05. The number of hydrogen-bond acceptors (Lipinski definition) is 7. The minimum absolute atomic E-state index is 0.00784. The van der Waals surface area contributed by atoms with Gasteiger partial charge >= 0.3 is 0 Å². The van der Waals surface area contributed by atoms with Gasteiger partial charge in [-0.15, -0.1) is 0 Å². The van der Waals surface area contributed by atoms with Crippen LogP contribution in [0.5, 0.6) is 11.5 Å². The number of likely N-dealkylation sites (tertiary alicyclic amines) is 2. The smallest absolute Gasteiger partial charge is 0.228 e. The van der Waals surface area contributed by atoms with Crippen molar-refractivity contribution in [1.82, 2.24) is 14.8 Å². The number of hydrogen-bond donors (Lipinski definition) is 2. The van der Waals surface area contributed by atoms with Gasteiger partial charge in [-0.2, -0.15) is 0 Å². The maximum atomic E-state index is 13.2. The van der Waals surface area contributed by atoms with Gasteiger partial charge in [0.1, 0.15) is 12.4 Å². The van der Waals surface area contributed by atoms with E-state index in [0.29, 0.717) is 31.0 Å². The number of nitrogens with zero attached hydrogens (tertiary/aromatic N) is 3. The lowest BCUT2D eigenvalue weighted by Gasteiger charge is -2.60. The Bertz CT molecular complexity index is 1120. The van der Waals surface area contributed by atoms with Crippen LogP contribution in [-0.2, 0) is 23.1 Å². The van der Waals surface area contributed by atoms with E-state index >= 15 is 0 Å². The molecule has 3 aliphatic heterocycles. The summed E-state index contributed by atoms with van der Waals surface area (Å²) in [5.41, 5.74) is 1.14. The van der Waals surface area contributed by atoms with Gasteiger partial charge in [-0.05, 0) is 56.2 Å². The average molecular weight is 452 g/mol. The van der Waals surface area contributed by atoms with Gasteiger partial charge < -0.3 is 24.3 Å². The number of ether oxygens (including phenoxy) is 1. The summed E-state index contributed by atoms with van der Waals surface area (Å²) in [6, 6.07) is 3.72. The van der Waals surface area contributed by atoms with Crippen molar-refractivity contribution in [2.24, 2.45) is 5.92 Å². The third-order valence-corrected chi connectivity index (χ3v) is 8.96. The van der Waals surface area contributed by atoms with Crippen molar-refractivity contribution in [1.29, 1.82) is 0 Å². The summed E-state index contributed by atoms with van der Waals surface area (Å²) in [5, 5.41) is 23.2. The summed E-state index contributed by atoms with van der Waals surface area (Å²) in [6.45, 7) is 2.81. The number of rotatable bonds is 4. The van der Waals surface area contributed by atoms with Crippen molar-refractivity contribution in [3.63, 3.8) is 0 Å². The highest BCUT2D eigenvalue weighted by Gasteiger charge is 2.71. The van der Waals surface area contributed by atoms with E-state index in [1.807, 2.05) is 11.0 Å². The topological polar surface area (TPSA) is 99.3 Å². The molecular formula is C25H29N3O5. The zero-order valence-corrected chi connectivity index (χ0v) is 18.6. The molecule has 174 valence electrons.